The number of hydrogen-bond acceptors (Lipinski definition) is 0. The highest BCUT2D eigenvalue weighted by Crippen LogP contribution is 2.45. The highest BCUT2D eigenvalue weighted by molar-refractivity contribution is 5.92. The molecule has 1 aliphatic rings. The lowest BCUT2D eigenvalue weighted by Crippen LogP contribution is -2.07. The number of hydrogen-bond donors (Lipinski definition) is 0. The van der Waals surface area contributed by atoms with Crippen LogP contribution in [0.1, 0.15) is 44.4 Å². The van der Waals surface area contributed by atoms with Crippen molar-refractivity contribution in [3.05, 3.63) is 95.4 Å². The van der Waals surface area contributed by atoms with E-state index >= 15 is 0 Å². The summed E-state index contributed by atoms with van der Waals surface area (Å²) in [5.74, 6) is 0. The number of aryl methyl sites for hydroxylation is 1. The van der Waals surface area contributed by atoms with Gasteiger partial charge >= 0.3 is 0 Å². The Hall–Kier alpha value is -2.60. The molecule has 0 unspecified atom stereocenters. The molecule has 0 nitrogen and oxygen atoms in total. The highest BCUT2D eigenvalue weighted by Gasteiger charge is 2.26. The highest BCUT2D eigenvalue weighted by atomic mass is 14.3. The van der Waals surface area contributed by atoms with Crippen molar-refractivity contribution in [1.29, 1.82) is 0 Å². The summed E-state index contributed by atoms with van der Waals surface area (Å²) in [5.41, 5.74) is 11.0. The third kappa shape index (κ3) is 3.25. The first-order valence-electron chi connectivity index (χ1n) is 9.86. The average Bonchev–Trinajstić information content (AvgIpc) is 3.13. The van der Waals surface area contributed by atoms with Gasteiger partial charge in [-0.1, -0.05) is 106 Å². The van der Waals surface area contributed by atoms with Crippen LogP contribution in [0.4, 0.5) is 0 Å². The van der Waals surface area contributed by atoms with Crippen LogP contribution in [0.25, 0.3) is 28.3 Å². The molecule has 1 radical (unpaired) electrons. The van der Waals surface area contributed by atoms with Gasteiger partial charge in [-0.05, 0) is 50.8 Å². The van der Waals surface area contributed by atoms with Crippen molar-refractivity contribution in [1.82, 2.24) is 0 Å². The predicted octanol–water partition coefficient (Wildman–Crippen LogP) is 7.58. The number of fused-ring (bicyclic) bond motifs is 1. The van der Waals surface area contributed by atoms with E-state index in [1.807, 2.05) is 0 Å². The van der Waals surface area contributed by atoms with E-state index in [9.17, 15) is 0 Å². The minimum absolute atomic E-state index is 0.154. The van der Waals surface area contributed by atoms with E-state index in [4.69, 9.17) is 0 Å². The molecule has 4 rings (SSSR count). The molecule has 0 spiro atoms. The maximum atomic E-state index is 2.41. The first kappa shape index (κ1) is 17.8. The van der Waals surface area contributed by atoms with Crippen LogP contribution in [0.15, 0.2) is 72.3 Å². The first-order valence-corrected chi connectivity index (χ1v) is 9.86. The second kappa shape index (κ2) is 6.85. The Labute approximate surface area is 163 Å². The summed E-state index contributed by atoms with van der Waals surface area (Å²) < 4.78 is 0. The van der Waals surface area contributed by atoms with Gasteiger partial charge in [-0.3, -0.25) is 0 Å². The van der Waals surface area contributed by atoms with Crippen LogP contribution in [-0.4, -0.2) is 0 Å². The molecule has 0 saturated heterocycles. The lowest BCUT2D eigenvalue weighted by atomic mass is 9.85. The second-order valence-corrected chi connectivity index (χ2v) is 8.36. The summed E-state index contributed by atoms with van der Waals surface area (Å²) in [6, 6.07) is 24.2. The van der Waals surface area contributed by atoms with Crippen molar-refractivity contribution >= 4 is 6.08 Å². The molecule has 0 fully saturated rings. The lowest BCUT2D eigenvalue weighted by molar-refractivity contribution is 0.516. The summed E-state index contributed by atoms with van der Waals surface area (Å²) in [6.45, 7) is 9.13. The molecular weight excluding hydrogens is 324 g/mol. The predicted molar refractivity (Wildman–Crippen MR) is 118 cm³/mol. The van der Waals surface area contributed by atoms with Crippen molar-refractivity contribution < 1.29 is 0 Å². The molecule has 0 saturated carbocycles. The van der Waals surface area contributed by atoms with E-state index in [0.29, 0.717) is 0 Å². The minimum Gasteiger partial charge on any atom is -0.0622 e. The van der Waals surface area contributed by atoms with E-state index in [1.165, 1.54) is 44.5 Å². The molecule has 1 aliphatic carbocycles. The van der Waals surface area contributed by atoms with Gasteiger partial charge in [0.15, 0.2) is 0 Å². The molecule has 0 aromatic heterocycles. The van der Waals surface area contributed by atoms with Gasteiger partial charge in [-0.2, -0.15) is 0 Å². The van der Waals surface area contributed by atoms with Gasteiger partial charge in [-0.15, -0.1) is 0 Å². The Kier molecular flexibility index (Phi) is 4.52. The Balaban J connectivity index is 1.97. The lowest BCUT2D eigenvalue weighted by Gasteiger charge is -2.19. The van der Waals surface area contributed by atoms with Crippen LogP contribution in [0.5, 0.6) is 0 Å². The fourth-order valence-electron chi connectivity index (χ4n) is 3.94. The van der Waals surface area contributed by atoms with Crippen molar-refractivity contribution in [2.45, 2.75) is 34.1 Å². The number of benzene rings is 3. The Morgan fingerprint density at radius 1 is 0.741 bits per heavy atom. The molecule has 0 N–H and O–H groups in total. The molecule has 0 heteroatoms. The van der Waals surface area contributed by atoms with E-state index in [-0.39, 0.29) is 5.41 Å². The third-order valence-electron chi connectivity index (χ3n) is 5.50. The maximum absolute atomic E-state index is 2.41. The van der Waals surface area contributed by atoms with Crippen LogP contribution < -0.4 is 0 Å². The fraction of sp³-hybridized carbons (Fsp3) is 0.222. The van der Waals surface area contributed by atoms with Crippen LogP contribution in [0.3, 0.4) is 0 Å². The van der Waals surface area contributed by atoms with E-state index < -0.39 is 0 Å². The van der Waals surface area contributed by atoms with E-state index in [1.54, 1.807) is 0 Å². The molecule has 0 bridgehead atoms. The van der Waals surface area contributed by atoms with E-state index in [2.05, 4.69) is 107 Å². The van der Waals surface area contributed by atoms with Gasteiger partial charge in [0.1, 0.15) is 0 Å². The summed E-state index contributed by atoms with van der Waals surface area (Å²) in [6.07, 6.45) is 5.80. The van der Waals surface area contributed by atoms with Gasteiger partial charge in [-0.25, -0.2) is 0 Å². The average molecular weight is 352 g/mol. The quantitative estimate of drug-likeness (QED) is 0.456. The monoisotopic (exact) mass is 351 g/mol. The van der Waals surface area contributed by atoms with Crippen LogP contribution in [-0.2, 0) is 6.42 Å². The van der Waals surface area contributed by atoms with Gasteiger partial charge in [0, 0.05) is 6.42 Å². The van der Waals surface area contributed by atoms with Crippen molar-refractivity contribution in [3.63, 3.8) is 0 Å². The van der Waals surface area contributed by atoms with Crippen molar-refractivity contribution in [2.24, 2.45) is 5.41 Å². The number of allylic oxidation sites excluding steroid dienone is 1. The minimum atomic E-state index is 0.154. The molecule has 135 valence electrons. The zero-order chi connectivity index (χ0) is 19.0. The standard InChI is InChI=1S/C27H27/c1-5-19-15-16-21-17-22(27(2,3)4)18-25(21)26(19)24-14-10-9-13-23(24)20-11-7-6-8-12-20/h6-18H,5H2,1-4H3. The van der Waals surface area contributed by atoms with Crippen molar-refractivity contribution in [3.8, 4) is 22.3 Å². The second-order valence-electron chi connectivity index (χ2n) is 8.36. The van der Waals surface area contributed by atoms with Crippen molar-refractivity contribution in [2.75, 3.05) is 0 Å². The topological polar surface area (TPSA) is 0 Å². The molecule has 0 amide bonds. The van der Waals surface area contributed by atoms with Crippen LogP contribution >= 0.6 is 0 Å². The normalized spacial score (nSPS) is 13.4. The van der Waals surface area contributed by atoms with E-state index in [0.717, 1.165) is 6.42 Å². The van der Waals surface area contributed by atoms with Gasteiger partial charge in [0.05, 0.1) is 0 Å². The van der Waals surface area contributed by atoms with Crippen LogP contribution in [0.2, 0.25) is 0 Å². The smallest absolute Gasteiger partial charge is 0.0170 e. The fourth-order valence-corrected chi connectivity index (χ4v) is 3.94. The zero-order valence-corrected chi connectivity index (χ0v) is 16.7. The molecule has 3 aromatic carbocycles. The SMILES string of the molecule is CCc1ccc2c(c1-c1ccccc1-c1ccccc1)C=C(C(C)(C)C)[CH]2. The third-order valence-corrected chi connectivity index (χ3v) is 5.50. The molecule has 0 heterocycles. The zero-order valence-electron chi connectivity index (χ0n) is 16.7. The first-order chi connectivity index (χ1) is 13.0. The maximum Gasteiger partial charge on any atom is 0.0170 e. The molecule has 27 heavy (non-hydrogen) atoms. The van der Waals surface area contributed by atoms with Gasteiger partial charge in [0.25, 0.3) is 0 Å². The summed E-state index contributed by atoms with van der Waals surface area (Å²) >= 11 is 0. The molecule has 3 aromatic rings. The summed E-state index contributed by atoms with van der Waals surface area (Å²) in [7, 11) is 0. The summed E-state index contributed by atoms with van der Waals surface area (Å²) in [4.78, 5) is 0. The Bertz CT molecular complexity index is 998. The Morgan fingerprint density at radius 3 is 2.07 bits per heavy atom. The number of rotatable bonds is 3. The molecule has 0 atom stereocenters. The summed E-state index contributed by atoms with van der Waals surface area (Å²) in [5, 5.41) is 0. The van der Waals surface area contributed by atoms with Gasteiger partial charge in [0.2, 0.25) is 0 Å². The van der Waals surface area contributed by atoms with Crippen LogP contribution in [0, 0.1) is 11.8 Å². The Morgan fingerprint density at radius 2 is 1.41 bits per heavy atom. The molecule has 0 aliphatic heterocycles. The molecular formula is C27H27. The van der Waals surface area contributed by atoms with Gasteiger partial charge < -0.3 is 0 Å². The largest absolute Gasteiger partial charge is 0.0622 e.